The predicted molar refractivity (Wildman–Crippen MR) is 78.4 cm³/mol. The van der Waals surface area contributed by atoms with Crippen LogP contribution in [0.25, 0.3) is 0 Å². The highest BCUT2D eigenvalue weighted by molar-refractivity contribution is 6.02. The molecule has 0 radical (unpaired) electrons. The minimum absolute atomic E-state index is 0.220. The molecule has 0 aliphatic carbocycles. The lowest BCUT2D eigenvalue weighted by atomic mass is 9.85. The smallest absolute Gasteiger partial charge is 0.337 e. The average molecular weight is 293 g/mol. The first kappa shape index (κ1) is 15.6. The van der Waals surface area contributed by atoms with Crippen LogP contribution in [0.15, 0.2) is 23.9 Å². The molecule has 5 heteroatoms. The van der Waals surface area contributed by atoms with Gasteiger partial charge in [0.1, 0.15) is 0 Å². The Bertz CT molecular complexity index is 493. The standard InChI is InChI=1S/C16H23NO4/c1-11(2)20-14(18)13-7-5-9-17-10-6-8-16(13,17)15(19)21-12(3)4/h5,7,9,11-12H,6,8,10H2,1-4H3. The monoisotopic (exact) mass is 293 g/mol. The topological polar surface area (TPSA) is 55.8 Å². The van der Waals surface area contributed by atoms with Gasteiger partial charge in [-0.1, -0.05) is 0 Å². The molecule has 2 heterocycles. The van der Waals surface area contributed by atoms with Gasteiger partial charge in [-0.15, -0.1) is 0 Å². The normalized spacial score (nSPS) is 24.1. The molecule has 2 aliphatic rings. The van der Waals surface area contributed by atoms with Gasteiger partial charge < -0.3 is 14.4 Å². The highest BCUT2D eigenvalue weighted by Crippen LogP contribution is 2.40. The van der Waals surface area contributed by atoms with Crippen molar-refractivity contribution in [2.24, 2.45) is 0 Å². The van der Waals surface area contributed by atoms with Crippen LogP contribution < -0.4 is 0 Å². The summed E-state index contributed by atoms with van der Waals surface area (Å²) in [6.45, 7) is 7.94. The number of esters is 2. The van der Waals surface area contributed by atoms with Crippen molar-refractivity contribution in [3.63, 3.8) is 0 Å². The summed E-state index contributed by atoms with van der Waals surface area (Å²) in [5, 5.41) is 0. The third kappa shape index (κ3) is 2.82. The van der Waals surface area contributed by atoms with E-state index in [1.165, 1.54) is 0 Å². The molecule has 1 unspecified atom stereocenters. The maximum absolute atomic E-state index is 12.7. The quantitative estimate of drug-likeness (QED) is 0.744. The Balaban J connectivity index is 2.36. The van der Waals surface area contributed by atoms with Crippen molar-refractivity contribution in [2.75, 3.05) is 6.54 Å². The van der Waals surface area contributed by atoms with E-state index in [0.29, 0.717) is 12.0 Å². The first-order valence-electron chi connectivity index (χ1n) is 7.45. The van der Waals surface area contributed by atoms with E-state index in [2.05, 4.69) is 0 Å². The third-order valence-corrected chi connectivity index (χ3v) is 3.65. The average Bonchev–Trinajstić information content (AvgIpc) is 2.81. The first-order chi connectivity index (χ1) is 9.87. The van der Waals surface area contributed by atoms with Gasteiger partial charge in [0.05, 0.1) is 17.8 Å². The third-order valence-electron chi connectivity index (χ3n) is 3.65. The highest BCUT2D eigenvalue weighted by Gasteiger charge is 2.54. The van der Waals surface area contributed by atoms with E-state index in [4.69, 9.17) is 9.47 Å². The molecule has 1 fully saturated rings. The largest absolute Gasteiger partial charge is 0.461 e. The van der Waals surface area contributed by atoms with Gasteiger partial charge in [-0.3, -0.25) is 0 Å². The molecule has 1 saturated heterocycles. The van der Waals surface area contributed by atoms with Gasteiger partial charge in [0, 0.05) is 12.7 Å². The van der Waals surface area contributed by atoms with Gasteiger partial charge in [-0.25, -0.2) is 9.59 Å². The lowest BCUT2D eigenvalue weighted by Crippen LogP contribution is -2.54. The minimum atomic E-state index is -1.02. The number of hydrogen-bond acceptors (Lipinski definition) is 5. The first-order valence-corrected chi connectivity index (χ1v) is 7.45. The van der Waals surface area contributed by atoms with Crippen molar-refractivity contribution < 1.29 is 19.1 Å². The predicted octanol–water partition coefficient (Wildman–Crippen LogP) is 2.18. The van der Waals surface area contributed by atoms with E-state index in [1.807, 2.05) is 24.9 Å². The van der Waals surface area contributed by atoms with Gasteiger partial charge in [0.2, 0.25) is 0 Å². The zero-order valence-corrected chi connectivity index (χ0v) is 13.1. The van der Waals surface area contributed by atoms with Crippen molar-refractivity contribution in [2.45, 2.75) is 58.3 Å². The SMILES string of the molecule is CC(C)OC(=O)C1=CC=CN2CCCC12C(=O)OC(C)C. The second kappa shape index (κ2) is 5.92. The number of hydrogen-bond donors (Lipinski definition) is 0. The molecular formula is C16H23NO4. The van der Waals surface area contributed by atoms with Crippen LogP contribution >= 0.6 is 0 Å². The fourth-order valence-corrected chi connectivity index (χ4v) is 2.87. The van der Waals surface area contributed by atoms with E-state index in [1.54, 1.807) is 26.0 Å². The number of fused-ring (bicyclic) bond motifs is 1. The van der Waals surface area contributed by atoms with E-state index in [-0.39, 0.29) is 18.2 Å². The molecule has 0 amide bonds. The number of ether oxygens (including phenoxy) is 2. The van der Waals surface area contributed by atoms with Gasteiger partial charge in [-0.2, -0.15) is 0 Å². The Labute approximate surface area is 125 Å². The molecule has 5 nitrogen and oxygen atoms in total. The molecule has 0 saturated carbocycles. The van der Waals surface area contributed by atoms with Crippen LogP contribution in [0.1, 0.15) is 40.5 Å². The van der Waals surface area contributed by atoms with Gasteiger partial charge >= 0.3 is 11.9 Å². The summed E-state index contributed by atoms with van der Waals surface area (Å²) in [4.78, 5) is 27.0. The minimum Gasteiger partial charge on any atom is -0.461 e. The summed E-state index contributed by atoms with van der Waals surface area (Å²) < 4.78 is 10.7. The summed E-state index contributed by atoms with van der Waals surface area (Å²) in [5.74, 6) is -0.812. The molecule has 0 spiro atoms. The molecule has 0 aromatic rings. The van der Waals surface area contributed by atoms with Crippen molar-refractivity contribution in [3.05, 3.63) is 23.9 Å². The molecule has 1 atom stereocenters. The Morgan fingerprint density at radius 1 is 1.19 bits per heavy atom. The molecule has 116 valence electrons. The van der Waals surface area contributed by atoms with Crippen LogP contribution in [0.3, 0.4) is 0 Å². The van der Waals surface area contributed by atoms with Crippen LogP contribution in [-0.4, -0.2) is 41.1 Å². The number of rotatable bonds is 4. The van der Waals surface area contributed by atoms with Crippen LogP contribution in [0.4, 0.5) is 0 Å². The molecule has 0 N–H and O–H groups in total. The number of carbonyl (C=O) groups excluding carboxylic acids is 2. The molecule has 21 heavy (non-hydrogen) atoms. The molecule has 0 aromatic heterocycles. The van der Waals surface area contributed by atoms with E-state index >= 15 is 0 Å². The zero-order chi connectivity index (χ0) is 15.6. The second-order valence-electron chi connectivity index (χ2n) is 5.99. The molecular weight excluding hydrogens is 270 g/mol. The number of carbonyl (C=O) groups is 2. The fourth-order valence-electron chi connectivity index (χ4n) is 2.87. The van der Waals surface area contributed by atoms with Gasteiger partial charge in [0.15, 0.2) is 5.54 Å². The van der Waals surface area contributed by atoms with Crippen molar-refractivity contribution in [1.29, 1.82) is 0 Å². The molecule has 2 rings (SSSR count). The van der Waals surface area contributed by atoms with E-state index in [0.717, 1.165) is 13.0 Å². The van der Waals surface area contributed by atoms with E-state index in [9.17, 15) is 9.59 Å². The second-order valence-corrected chi connectivity index (χ2v) is 5.99. The Kier molecular flexibility index (Phi) is 4.40. The lowest BCUT2D eigenvalue weighted by molar-refractivity contribution is -0.160. The summed E-state index contributed by atoms with van der Waals surface area (Å²) >= 11 is 0. The van der Waals surface area contributed by atoms with Crippen molar-refractivity contribution in [1.82, 2.24) is 4.90 Å². The van der Waals surface area contributed by atoms with Crippen LogP contribution in [0, 0.1) is 0 Å². The van der Waals surface area contributed by atoms with Gasteiger partial charge in [-0.05, 0) is 52.7 Å². The maximum Gasteiger partial charge on any atom is 0.337 e. The summed E-state index contributed by atoms with van der Waals surface area (Å²) in [7, 11) is 0. The lowest BCUT2D eigenvalue weighted by Gasteiger charge is -2.38. The summed E-state index contributed by atoms with van der Waals surface area (Å²) in [6, 6.07) is 0. The maximum atomic E-state index is 12.7. The summed E-state index contributed by atoms with van der Waals surface area (Å²) in [6.07, 6.45) is 6.27. The highest BCUT2D eigenvalue weighted by atomic mass is 16.6. The number of nitrogens with zero attached hydrogens (tertiary/aromatic N) is 1. The Morgan fingerprint density at radius 3 is 2.48 bits per heavy atom. The van der Waals surface area contributed by atoms with E-state index < -0.39 is 11.5 Å². The van der Waals surface area contributed by atoms with Crippen molar-refractivity contribution >= 4 is 11.9 Å². The molecule has 0 aromatic carbocycles. The van der Waals surface area contributed by atoms with Gasteiger partial charge in [0.25, 0.3) is 0 Å². The Morgan fingerprint density at radius 2 is 1.86 bits per heavy atom. The molecule has 2 aliphatic heterocycles. The number of allylic oxidation sites excluding steroid dienone is 2. The van der Waals surface area contributed by atoms with Crippen molar-refractivity contribution in [3.8, 4) is 0 Å². The fraction of sp³-hybridized carbons (Fsp3) is 0.625. The van der Waals surface area contributed by atoms with Crippen LogP contribution in [0.5, 0.6) is 0 Å². The Hall–Kier alpha value is -1.78. The summed E-state index contributed by atoms with van der Waals surface area (Å²) in [5.41, 5.74) is -0.646. The zero-order valence-electron chi connectivity index (χ0n) is 13.1. The van der Waals surface area contributed by atoms with Crippen LogP contribution in [0.2, 0.25) is 0 Å². The molecule has 0 bridgehead atoms. The van der Waals surface area contributed by atoms with Crippen LogP contribution in [-0.2, 0) is 19.1 Å².